The highest BCUT2D eigenvalue weighted by Gasteiger charge is 2.53. The molecule has 4 aliphatic rings. The Morgan fingerprint density at radius 3 is 2.88 bits per heavy atom. The fraction of sp³-hybridized carbons (Fsp3) is 0.636. The number of esters is 1. The molecule has 0 amide bonds. The minimum atomic E-state index is -0.0495. The predicted octanol–water partition coefficient (Wildman–Crippen LogP) is 4.68. The molecular weight excluding hydrogens is 312 g/mol. The largest absolute Gasteiger partial charge is 0.461 e. The summed E-state index contributed by atoms with van der Waals surface area (Å²) in [5.74, 6) is 1.35. The molecule has 0 aromatic heterocycles. The Balaban J connectivity index is 1.64. The van der Waals surface area contributed by atoms with Gasteiger partial charge in [-0.1, -0.05) is 26.0 Å². The molecule has 3 nitrogen and oxygen atoms in total. The van der Waals surface area contributed by atoms with Crippen molar-refractivity contribution in [3.63, 3.8) is 0 Å². The lowest BCUT2D eigenvalue weighted by atomic mass is 9.60. The monoisotopic (exact) mass is 340 g/mol. The molecule has 4 aliphatic carbocycles. The first-order valence-corrected chi connectivity index (χ1v) is 9.88. The maximum Gasteiger partial charge on any atom is 0.306 e. The second-order valence-electron chi connectivity index (χ2n) is 8.33. The summed E-state index contributed by atoms with van der Waals surface area (Å²) in [4.78, 5) is 23.8. The molecule has 0 aromatic carbocycles. The molecule has 1 fully saturated rings. The van der Waals surface area contributed by atoms with E-state index in [-0.39, 0.29) is 23.3 Å². The average Bonchev–Trinajstić information content (AvgIpc) is 2.91. The zero-order valence-electron chi connectivity index (χ0n) is 15.3. The Bertz CT molecular complexity index is 696. The quantitative estimate of drug-likeness (QED) is 0.701. The molecule has 3 heteroatoms. The Kier molecular flexibility index (Phi) is 4.21. The van der Waals surface area contributed by atoms with Crippen LogP contribution in [0.1, 0.15) is 65.2 Å². The molecule has 1 saturated carbocycles. The molecule has 0 N–H and O–H groups in total. The van der Waals surface area contributed by atoms with Crippen LogP contribution in [0.2, 0.25) is 0 Å². The summed E-state index contributed by atoms with van der Waals surface area (Å²) < 4.78 is 5.86. The molecule has 0 aliphatic heterocycles. The van der Waals surface area contributed by atoms with E-state index in [1.165, 1.54) is 16.7 Å². The Hall–Kier alpha value is -1.64. The zero-order valence-corrected chi connectivity index (χ0v) is 15.3. The second kappa shape index (κ2) is 6.26. The van der Waals surface area contributed by atoms with Gasteiger partial charge in [0.05, 0.1) is 0 Å². The summed E-state index contributed by atoms with van der Waals surface area (Å²) in [5, 5.41) is 0. The summed E-state index contributed by atoms with van der Waals surface area (Å²) in [5.41, 5.74) is 4.14. The van der Waals surface area contributed by atoms with Crippen LogP contribution in [0, 0.1) is 17.3 Å². The van der Waals surface area contributed by atoms with Gasteiger partial charge >= 0.3 is 5.97 Å². The highest BCUT2D eigenvalue weighted by molar-refractivity contribution is 5.93. The number of allylic oxidation sites excluding steroid dienone is 5. The van der Waals surface area contributed by atoms with Gasteiger partial charge in [0.2, 0.25) is 0 Å². The van der Waals surface area contributed by atoms with Crippen LogP contribution >= 0.6 is 0 Å². The van der Waals surface area contributed by atoms with Gasteiger partial charge < -0.3 is 4.74 Å². The van der Waals surface area contributed by atoms with Gasteiger partial charge in [-0.15, -0.1) is 0 Å². The van der Waals surface area contributed by atoms with Gasteiger partial charge in [-0.25, -0.2) is 0 Å². The van der Waals surface area contributed by atoms with E-state index in [0.717, 1.165) is 38.5 Å². The van der Waals surface area contributed by atoms with Crippen molar-refractivity contribution in [2.24, 2.45) is 17.3 Å². The maximum absolute atomic E-state index is 12.0. The highest BCUT2D eigenvalue weighted by Crippen LogP contribution is 2.57. The second-order valence-corrected chi connectivity index (χ2v) is 8.33. The fourth-order valence-electron chi connectivity index (χ4n) is 5.58. The summed E-state index contributed by atoms with van der Waals surface area (Å²) in [6.07, 6.45) is 13.7. The van der Waals surface area contributed by atoms with E-state index in [9.17, 15) is 9.59 Å². The number of hydrogen-bond acceptors (Lipinski definition) is 3. The van der Waals surface area contributed by atoms with E-state index in [2.05, 4.69) is 19.1 Å². The van der Waals surface area contributed by atoms with Crippen molar-refractivity contribution in [1.29, 1.82) is 0 Å². The van der Waals surface area contributed by atoms with Crippen LogP contribution in [-0.2, 0) is 14.3 Å². The van der Waals surface area contributed by atoms with Gasteiger partial charge in [-0.05, 0) is 73.2 Å². The van der Waals surface area contributed by atoms with E-state index in [1.807, 2.05) is 13.0 Å². The summed E-state index contributed by atoms with van der Waals surface area (Å²) >= 11 is 0. The molecule has 0 unspecified atom stereocenters. The SMILES string of the molecule is CCCC(=O)O[C@H]1CC[C@H]2[C@@H]3CCC4=CC(=O)CCC4=C3C=C[C@]12C. The lowest BCUT2D eigenvalue weighted by Crippen LogP contribution is -2.40. The fourth-order valence-corrected chi connectivity index (χ4v) is 5.58. The van der Waals surface area contributed by atoms with Crippen molar-refractivity contribution in [2.45, 2.75) is 71.3 Å². The van der Waals surface area contributed by atoms with Crippen molar-refractivity contribution in [2.75, 3.05) is 0 Å². The molecule has 0 spiro atoms. The number of carbonyl (C=O) groups excluding carboxylic acids is 2. The molecule has 0 heterocycles. The van der Waals surface area contributed by atoms with Crippen LogP contribution < -0.4 is 0 Å². The van der Waals surface area contributed by atoms with E-state index in [0.29, 0.717) is 24.7 Å². The zero-order chi connectivity index (χ0) is 17.6. The Morgan fingerprint density at radius 2 is 2.08 bits per heavy atom. The van der Waals surface area contributed by atoms with Crippen molar-refractivity contribution < 1.29 is 14.3 Å². The first-order chi connectivity index (χ1) is 12.0. The van der Waals surface area contributed by atoms with Crippen LogP contribution in [0.4, 0.5) is 0 Å². The topological polar surface area (TPSA) is 43.4 Å². The lowest BCUT2D eigenvalue weighted by Gasteiger charge is -2.45. The van der Waals surface area contributed by atoms with Crippen molar-refractivity contribution >= 4 is 11.8 Å². The summed E-state index contributed by atoms with van der Waals surface area (Å²) in [6.45, 7) is 4.30. The van der Waals surface area contributed by atoms with Crippen LogP contribution in [0.3, 0.4) is 0 Å². The molecule has 0 aromatic rings. The molecule has 134 valence electrons. The normalized spacial score (nSPS) is 36.5. The Morgan fingerprint density at radius 1 is 1.24 bits per heavy atom. The van der Waals surface area contributed by atoms with E-state index in [1.54, 1.807) is 0 Å². The number of carbonyl (C=O) groups is 2. The van der Waals surface area contributed by atoms with Gasteiger partial charge in [0.15, 0.2) is 5.78 Å². The van der Waals surface area contributed by atoms with Crippen LogP contribution in [0.5, 0.6) is 0 Å². The molecule has 4 rings (SSSR count). The number of hydrogen-bond donors (Lipinski definition) is 0. The van der Waals surface area contributed by atoms with Crippen LogP contribution in [0.15, 0.2) is 34.9 Å². The van der Waals surface area contributed by atoms with E-state index in [4.69, 9.17) is 4.74 Å². The van der Waals surface area contributed by atoms with E-state index < -0.39 is 0 Å². The smallest absolute Gasteiger partial charge is 0.306 e. The molecular formula is C22H28O3. The van der Waals surface area contributed by atoms with E-state index >= 15 is 0 Å². The van der Waals surface area contributed by atoms with Crippen LogP contribution in [0.25, 0.3) is 0 Å². The number of ether oxygens (including phenoxy) is 1. The minimum absolute atomic E-state index is 0.0178. The minimum Gasteiger partial charge on any atom is -0.461 e. The lowest BCUT2D eigenvalue weighted by molar-refractivity contribution is -0.153. The first-order valence-electron chi connectivity index (χ1n) is 9.88. The molecule has 0 bridgehead atoms. The maximum atomic E-state index is 12.0. The molecule has 0 radical (unpaired) electrons. The number of rotatable bonds is 3. The third-order valence-corrected chi connectivity index (χ3v) is 6.88. The Labute approximate surface area is 150 Å². The third-order valence-electron chi connectivity index (χ3n) is 6.88. The molecule has 4 atom stereocenters. The van der Waals surface area contributed by atoms with Crippen molar-refractivity contribution in [1.82, 2.24) is 0 Å². The van der Waals surface area contributed by atoms with Gasteiger partial charge in [0, 0.05) is 18.3 Å². The summed E-state index contributed by atoms with van der Waals surface area (Å²) in [7, 11) is 0. The summed E-state index contributed by atoms with van der Waals surface area (Å²) in [6, 6.07) is 0. The van der Waals surface area contributed by atoms with Crippen molar-refractivity contribution in [3.8, 4) is 0 Å². The number of fused-ring (bicyclic) bond motifs is 4. The molecule has 0 saturated heterocycles. The van der Waals surface area contributed by atoms with Gasteiger partial charge in [-0.3, -0.25) is 9.59 Å². The van der Waals surface area contributed by atoms with Crippen LogP contribution in [-0.4, -0.2) is 17.9 Å². The van der Waals surface area contributed by atoms with Crippen molar-refractivity contribution in [3.05, 3.63) is 34.9 Å². The van der Waals surface area contributed by atoms with Gasteiger partial charge in [0.1, 0.15) is 6.10 Å². The first kappa shape index (κ1) is 16.8. The number of ketones is 1. The standard InChI is InChI=1S/C22H28O3/c1-3-4-21(24)25-20-10-9-19-18-7-5-14-13-15(23)6-8-16(14)17(18)11-12-22(19,20)2/h11-13,18-20H,3-10H2,1-2H3/t18-,19+,20+,22+/m1/s1. The average molecular weight is 340 g/mol. The molecule has 25 heavy (non-hydrogen) atoms. The van der Waals surface area contributed by atoms with Gasteiger partial charge in [0.25, 0.3) is 0 Å². The third kappa shape index (κ3) is 2.72. The van der Waals surface area contributed by atoms with Gasteiger partial charge in [-0.2, -0.15) is 0 Å². The highest BCUT2D eigenvalue weighted by atomic mass is 16.5. The predicted molar refractivity (Wildman–Crippen MR) is 96.8 cm³/mol.